The van der Waals surface area contributed by atoms with Gasteiger partial charge in [0.2, 0.25) is 5.60 Å². The number of alkyl halides is 3. The predicted molar refractivity (Wildman–Crippen MR) is 105 cm³/mol. The molecule has 3 N–H and O–H groups in total. The normalized spacial score (nSPS) is 13.8. The molecule has 0 radical (unpaired) electrons. The van der Waals surface area contributed by atoms with Gasteiger partial charge in [-0.05, 0) is 49.4 Å². The molecule has 1 atom stereocenters. The lowest BCUT2D eigenvalue weighted by molar-refractivity contribution is -0.242. The fourth-order valence-corrected chi connectivity index (χ4v) is 3.52. The summed E-state index contributed by atoms with van der Waals surface area (Å²) in [5.74, 6) is -2.40. The Kier molecular flexibility index (Phi) is 6.88. The number of ether oxygens (including phenoxy) is 1. The fraction of sp³-hybridized carbons (Fsp3) is 0.222. The summed E-state index contributed by atoms with van der Waals surface area (Å²) >= 11 is 5.90. The van der Waals surface area contributed by atoms with Crippen molar-refractivity contribution in [3.63, 3.8) is 0 Å². The molecule has 0 spiro atoms. The maximum absolute atomic E-state index is 12.7. The van der Waals surface area contributed by atoms with Crippen molar-refractivity contribution in [2.45, 2.75) is 23.6 Å². The number of nitrogens with one attached hydrogen (secondary N) is 2. The van der Waals surface area contributed by atoms with Gasteiger partial charge in [0.1, 0.15) is 0 Å². The van der Waals surface area contributed by atoms with E-state index in [-0.39, 0.29) is 33.8 Å². The molecule has 2 rings (SSSR count). The van der Waals surface area contributed by atoms with Gasteiger partial charge in [0.15, 0.2) is 0 Å². The molecular formula is C18H16ClF3N2O6S. The van der Waals surface area contributed by atoms with Crippen LogP contribution in [0.15, 0.2) is 47.4 Å². The number of halogens is 4. The molecule has 0 bridgehead atoms. The summed E-state index contributed by atoms with van der Waals surface area (Å²) in [5.41, 5.74) is -3.71. The first kappa shape index (κ1) is 24.4. The number of carbonyl (C=O) groups is 2. The molecule has 0 fully saturated rings. The van der Waals surface area contributed by atoms with E-state index in [9.17, 15) is 36.3 Å². The smallest absolute Gasteiger partial charge is 0.426 e. The molecule has 0 aromatic heterocycles. The van der Waals surface area contributed by atoms with Crippen LogP contribution < -0.4 is 10.0 Å². The Labute approximate surface area is 180 Å². The summed E-state index contributed by atoms with van der Waals surface area (Å²) in [5, 5.41) is 10.8. The van der Waals surface area contributed by atoms with Crippen LogP contribution in [0.3, 0.4) is 0 Å². The number of rotatable bonds is 6. The molecule has 8 nitrogen and oxygen atoms in total. The number of sulfonamides is 1. The van der Waals surface area contributed by atoms with Crippen LogP contribution in [0.2, 0.25) is 5.02 Å². The Balaban J connectivity index is 2.21. The zero-order valence-corrected chi connectivity index (χ0v) is 17.5. The molecule has 13 heteroatoms. The van der Waals surface area contributed by atoms with Crippen LogP contribution in [-0.4, -0.2) is 44.3 Å². The lowest BCUT2D eigenvalue weighted by Gasteiger charge is -2.25. The number of anilines is 2. The number of esters is 1. The zero-order chi connectivity index (χ0) is 23.6. The summed E-state index contributed by atoms with van der Waals surface area (Å²) in [4.78, 5) is 22.8. The number of hydrogen-bond donors (Lipinski definition) is 3. The molecule has 0 heterocycles. The van der Waals surface area contributed by atoms with Gasteiger partial charge in [0, 0.05) is 5.69 Å². The largest absolute Gasteiger partial charge is 0.465 e. The molecule has 0 aliphatic heterocycles. The Morgan fingerprint density at radius 3 is 2.16 bits per heavy atom. The second kappa shape index (κ2) is 8.73. The zero-order valence-electron chi connectivity index (χ0n) is 16.0. The van der Waals surface area contributed by atoms with Gasteiger partial charge in [-0.1, -0.05) is 11.6 Å². The summed E-state index contributed by atoms with van der Waals surface area (Å²) in [6.45, 7) is 0.268. The van der Waals surface area contributed by atoms with Crippen molar-refractivity contribution in [1.82, 2.24) is 0 Å². The van der Waals surface area contributed by atoms with Crippen molar-refractivity contribution in [3.05, 3.63) is 53.1 Å². The lowest BCUT2D eigenvalue weighted by Crippen LogP contribution is -2.52. The van der Waals surface area contributed by atoms with Gasteiger partial charge in [-0.25, -0.2) is 13.2 Å². The lowest BCUT2D eigenvalue weighted by atomic mass is 10.1. The van der Waals surface area contributed by atoms with E-state index in [1.807, 2.05) is 5.32 Å². The Morgan fingerprint density at radius 2 is 1.68 bits per heavy atom. The van der Waals surface area contributed by atoms with E-state index >= 15 is 0 Å². The Hall–Kier alpha value is -2.83. The summed E-state index contributed by atoms with van der Waals surface area (Å²) in [7, 11) is -2.97. The van der Waals surface area contributed by atoms with Crippen molar-refractivity contribution >= 4 is 44.9 Å². The minimum absolute atomic E-state index is 0.113. The highest BCUT2D eigenvalue weighted by molar-refractivity contribution is 7.92. The first-order valence-electron chi connectivity index (χ1n) is 8.30. The van der Waals surface area contributed by atoms with Gasteiger partial charge in [-0.2, -0.15) is 13.2 Å². The van der Waals surface area contributed by atoms with Gasteiger partial charge in [-0.15, -0.1) is 0 Å². The maximum atomic E-state index is 12.7. The van der Waals surface area contributed by atoms with Crippen molar-refractivity contribution in [2.24, 2.45) is 0 Å². The van der Waals surface area contributed by atoms with Crippen molar-refractivity contribution in [2.75, 3.05) is 17.1 Å². The number of aliphatic hydroxyl groups is 1. The van der Waals surface area contributed by atoms with Gasteiger partial charge >= 0.3 is 12.1 Å². The van der Waals surface area contributed by atoms with Crippen LogP contribution >= 0.6 is 11.6 Å². The predicted octanol–water partition coefficient (Wildman–Crippen LogP) is 3.18. The van der Waals surface area contributed by atoms with Gasteiger partial charge in [0.25, 0.3) is 15.9 Å². The van der Waals surface area contributed by atoms with E-state index in [2.05, 4.69) is 9.46 Å². The number of hydrogen-bond acceptors (Lipinski definition) is 6. The average molecular weight is 481 g/mol. The average Bonchev–Trinajstić information content (AvgIpc) is 2.68. The topological polar surface area (TPSA) is 122 Å². The van der Waals surface area contributed by atoms with Crippen LogP contribution in [0, 0.1) is 0 Å². The SMILES string of the molecule is COC(=O)c1ccc(NS(=O)(=O)c2ccc(NC(=O)C(C)(O)C(F)(F)F)c(Cl)c2)cc1. The highest BCUT2D eigenvalue weighted by atomic mass is 35.5. The van der Waals surface area contributed by atoms with Gasteiger partial charge in [0.05, 0.1) is 28.3 Å². The van der Waals surface area contributed by atoms with Crippen LogP contribution in [0.4, 0.5) is 24.5 Å². The third kappa shape index (κ3) is 5.46. The molecule has 2 aromatic carbocycles. The highest BCUT2D eigenvalue weighted by Crippen LogP contribution is 2.33. The summed E-state index contributed by atoms with van der Waals surface area (Å²) in [6.07, 6.45) is -5.24. The van der Waals surface area contributed by atoms with Crippen LogP contribution in [0.25, 0.3) is 0 Å². The van der Waals surface area contributed by atoms with E-state index in [0.717, 1.165) is 18.2 Å². The van der Waals surface area contributed by atoms with E-state index in [4.69, 9.17) is 11.6 Å². The minimum atomic E-state index is -5.24. The van der Waals surface area contributed by atoms with Crippen LogP contribution in [0.1, 0.15) is 17.3 Å². The molecule has 0 saturated carbocycles. The molecule has 0 aliphatic rings. The van der Waals surface area contributed by atoms with E-state index in [1.165, 1.54) is 31.4 Å². The third-order valence-corrected chi connectivity index (χ3v) is 5.74. The quantitative estimate of drug-likeness (QED) is 0.546. The molecule has 168 valence electrons. The number of benzene rings is 2. The molecule has 1 amide bonds. The number of methoxy groups -OCH3 is 1. The standard InChI is InChI=1S/C18H16ClF3N2O6S/c1-17(27,18(20,21)22)16(26)23-14-8-7-12(9-13(14)19)31(28,29)24-11-5-3-10(4-6-11)15(25)30-2/h3-9,24,27H,1-2H3,(H,23,26). The second-order valence-electron chi connectivity index (χ2n) is 6.34. The Bertz CT molecular complexity index is 1100. The first-order valence-corrected chi connectivity index (χ1v) is 10.2. The monoisotopic (exact) mass is 480 g/mol. The third-order valence-electron chi connectivity index (χ3n) is 4.05. The van der Waals surface area contributed by atoms with Crippen molar-refractivity contribution in [1.29, 1.82) is 0 Å². The first-order chi connectivity index (χ1) is 14.2. The fourth-order valence-electron chi connectivity index (χ4n) is 2.14. The molecular weight excluding hydrogens is 465 g/mol. The van der Waals surface area contributed by atoms with Crippen molar-refractivity contribution in [3.8, 4) is 0 Å². The highest BCUT2D eigenvalue weighted by Gasteiger charge is 2.55. The summed E-state index contributed by atoms with van der Waals surface area (Å²) < 4.78 is 70.0. The van der Waals surface area contributed by atoms with Gasteiger partial charge < -0.3 is 15.2 Å². The molecule has 31 heavy (non-hydrogen) atoms. The number of carbonyl (C=O) groups excluding carboxylic acids is 2. The minimum Gasteiger partial charge on any atom is -0.465 e. The molecule has 2 aromatic rings. The van der Waals surface area contributed by atoms with Gasteiger partial charge in [-0.3, -0.25) is 9.52 Å². The van der Waals surface area contributed by atoms with Crippen LogP contribution in [-0.2, 0) is 19.6 Å². The molecule has 1 unspecified atom stereocenters. The second-order valence-corrected chi connectivity index (χ2v) is 8.43. The van der Waals surface area contributed by atoms with E-state index in [0.29, 0.717) is 0 Å². The summed E-state index contributed by atoms with van der Waals surface area (Å²) in [6, 6.07) is 8.18. The maximum Gasteiger partial charge on any atom is 0.426 e. The van der Waals surface area contributed by atoms with E-state index in [1.54, 1.807) is 0 Å². The van der Waals surface area contributed by atoms with E-state index < -0.39 is 33.7 Å². The molecule has 0 aliphatic carbocycles. The number of amides is 1. The van der Waals surface area contributed by atoms with Crippen molar-refractivity contribution < 1.29 is 41.0 Å². The molecule has 0 saturated heterocycles. The van der Waals surface area contributed by atoms with Crippen LogP contribution in [0.5, 0.6) is 0 Å². The Morgan fingerprint density at radius 1 is 1.10 bits per heavy atom.